The Balaban J connectivity index is 1.29. The molecular weight excluding hydrogens is 424 g/mol. The molecule has 174 valence electrons. The minimum absolute atomic E-state index is 0.257. The number of rotatable bonds is 8. The maximum atomic E-state index is 11.6. The van der Waals surface area contributed by atoms with Crippen LogP contribution in [0.1, 0.15) is 16.7 Å². The predicted octanol–water partition coefficient (Wildman–Crippen LogP) is 1.97. The molecule has 3 heterocycles. The molecule has 2 aromatic rings. The molecule has 1 aliphatic carbocycles. The van der Waals surface area contributed by atoms with Gasteiger partial charge in [0.15, 0.2) is 5.82 Å². The van der Waals surface area contributed by atoms with Crippen molar-refractivity contribution >= 4 is 23.4 Å². The summed E-state index contributed by atoms with van der Waals surface area (Å²) < 4.78 is 16.2. The molecule has 10 nitrogen and oxygen atoms in total. The summed E-state index contributed by atoms with van der Waals surface area (Å²) >= 11 is 0. The van der Waals surface area contributed by atoms with E-state index in [9.17, 15) is 4.79 Å². The number of allylic oxidation sites excluding steroid dienone is 1. The van der Waals surface area contributed by atoms with Gasteiger partial charge in [-0.2, -0.15) is 9.97 Å². The third-order valence-electron chi connectivity index (χ3n) is 5.87. The number of nitrogens with zero attached hydrogens (tertiary/aromatic N) is 4. The van der Waals surface area contributed by atoms with Crippen molar-refractivity contribution in [3.63, 3.8) is 0 Å². The van der Waals surface area contributed by atoms with Crippen LogP contribution in [-0.4, -0.2) is 73.6 Å². The molecule has 5 rings (SSSR count). The topological polar surface area (TPSA) is 101 Å². The average molecular weight is 453 g/mol. The maximum absolute atomic E-state index is 11.6. The highest BCUT2D eigenvalue weighted by Crippen LogP contribution is 2.27. The van der Waals surface area contributed by atoms with Crippen LogP contribution in [0.3, 0.4) is 0 Å². The van der Waals surface area contributed by atoms with Crippen LogP contribution in [0.4, 0.5) is 16.4 Å². The van der Waals surface area contributed by atoms with Gasteiger partial charge in [-0.15, -0.1) is 0 Å². The molecule has 0 saturated carbocycles. The smallest absolute Gasteiger partial charge is 0.410 e. The van der Waals surface area contributed by atoms with Gasteiger partial charge in [0.2, 0.25) is 0 Å². The normalized spacial score (nSPS) is 17.5. The number of anilines is 2. The largest absolute Gasteiger partial charge is 0.461 e. The van der Waals surface area contributed by atoms with Crippen molar-refractivity contribution in [2.75, 3.05) is 62.9 Å². The van der Waals surface area contributed by atoms with E-state index in [0.717, 1.165) is 31.0 Å². The number of cyclic esters (lactones) is 1. The summed E-state index contributed by atoms with van der Waals surface area (Å²) in [6.45, 7) is 6.60. The second-order valence-electron chi connectivity index (χ2n) is 8.18. The summed E-state index contributed by atoms with van der Waals surface area (Å²) in [6, 6.07) is 8.63. The quantitative estimate of drug-likeness (QED) is 0.582. The van der Waals surface area contributed by atoms with E-state index in [1.54, 1.807) is 4.90 Å². The van der Waals surface area contributed by atoms with Crippen molar-refractivity contribution < 1.29 is 19.0 Å². The molecular formula is C23H28N6O4. The van der Waals surface area contributed by atoms with Crippen molar-refractivity contribution in [2.24, 2.45) is 0 Å². The number of hydrazine groups is 1. The lowest BCUT2D eigenvalue weighted by molar-refractivity contribution is 0.122. The zero-order valence-electron chi connectivity index (χ0n) is 18.7. The fourth-order valence-electron chi connectivity index (χ4n) is 4.06. The predicted molar refractivity (Wildman–Crippen MR) is 123 cm³/mol. The summed E-state index contributed by atoms with van der Waals surface area (Å²) in [5, 5.41) is 0. The fourth-order valence-corrected chi connectivity index (χ4v) is 4.06. The van der Waals surface area contributed by atoms with Gasteiger partial charge in [0.1, 0.15) is 19.0 Å². The van der Waals surface area contributed by atoms with Crippen LogP contribution in [0.5, 0.6) is 6.01 Å². The monoisotopic (exact) mass is 452 g/mol. The summed E-state index contributed by atoms with van der Waals surface area (Å²) in [4.78, 5) is 24.5. The lowest BCUT2D eigenvalue weighted by atomic mass is 10.1. The number of fused-ring (bicyclic) bond motifs is 1. The molecule has 0 atom stereocenters. The van der Waals surface area contributed by atoms with Gasteiger partial charge in [-0.3, -0.25) is 10.9 Å². The molecule has 2 aliphatic heterocycles. The van der Waals surface area contributed by atoms with Gasteiger partial charge < -0.3 is 24.0 Å². The molecule has 3 aliphatic rings. The van der Waals surface area contributed by atoms with Crippen LogP contribution >= 0.6 is 0 Å². The van der Waals surface area contributed by atoms with Crippen LogP contribution in [0, 0.1) is 6.92 Å². The van der Waals surface area contributed by atoms with E-state index >= 15 is 0 Å². The van der Waals surface area contributed by atoms with Crippen molar-refractivity contribution in [3.8, 4) is 6.01 Å². The minimum Gasteiger partial charge on any atom is -0.461 e. The SMILES string of the molecule is Cc1ccc2c(c1)C(NNc1cc(N3CCOCC3)nc(OCCN3CCOC3=O)n1)=CC2. The van der Waals surface area contributed by atoms with Gasteiger partial charge in [-0.25, -0.2) is 4.79 Å². The van der Waals surface area contributed by atoms with Crippen LogP contribution in [0.2, 0.25) is 0 Å². The number of ether oxygens (including phenoxy) is 3. The molecule has 0 radical (unpaired) electrons. The lowest BCUT2D eigenvalue weighted by Gasteiger charge is -2.28. The fraction of sp³-hybridized carbons (Fsp3) is 0.435. The van der Waals surface area contributed by atoms with Gasteiger partial charge in [0.25, 0.3) is 0 Å². The standard InChI is InChI=1S/C23H28N6O4/c1-16-2-3-17-4-5-19(18(17)14-16)26-27-20-15-21(28-6-10-31-11-7-28)25-22(24-20)32-12-8-29-9-13-33-23(29)30/h2-3,5,14-15,26H,4,6-13H2,1H3,(H,24,25,27). The first-order chi connectivity index (χ1) is 16.2. The first kappa shape index (κ1) is 21.3. The molecule has 0 bridgehead atoms. The Morgan fingerprint density at radius 2 is 1.97 bits per heavy atom. The number of aryl methyl sites for hydroxylation is 1. The Morgan fingerprint density at radius 1 is 1.09 bits per heavy atom. The van der Waals surface area contributed by atoms with E-state index in [1.807, 2.05) is 6.07 Å². The Morgan fingerprint density at radius 3 is 2.79 bits per heavy atom. The van der Waals surface area contributed by atoms with E-state index in [-0.39, 0.29) is 18.7 Å². The van der Waals surface area contributed by atoms with Gasteiger partial charge in [-0.1, -0.05) is 23.8 Å². The average Bonchev–Trinajstić information content (AvgIpc) is 3.43. The van der Waals surface area contributed by atoms with Crippen molar-refractivity contribution in [1.82, 2.24) is 20.3 Å². The molecule has 2 fully saturated rings. The third-order valence-corrected chi connectivity index (χ3v) is 5.87. The number of nitrogens with one attached hydrogen (secondary N) is 2. The number of hydrogen-bond donors (Lipinski definition) is 2. The Bertz CT molecular complexity index is 1050. The van der Waals surface area contributed by atoms with Crippen LogP contribution in [0.25, 0.3) is 5.70 Å². The molecule has 2 saturated heterocycles. The zero-order chi connectivity index (χ0) is 22.6. The molecule has 1 aromatic heterocycles. The van der Waals surface area contributed by atoms with E-state index in [0.29, 0.717) is 38.7 Å². The highest BCUT2D eigenvalue weighted by Gasteiger charge is 2.22. The molecule has 1 aromatic carbocycles. The van der Waals surface area contributed by atoms with Gasteiger partial charge in [0, 0.05) is 24.7 Å². The van der Waals surface area contributed by atoms with E-state index in [4.69, 9.17) is 14.2 Å². The minimum atomic E-state index is -0.312. The third kappa shape index (κ3) is 4.95. The number of amides is 1. The second kappa shape index (κ2) is 9.53. The van der Waals surface area contributed by atoms with Crippen LogP contribution in [-0.2, 0) is 15.9 Å². The molecule has 33 heavy (non-hydrogen) atoms. The molecule has 1 amide bonds. The number of benzene rings is 1. The number of carbonyl (C=O) groups excluding carboxylic acids is 1. The van der Waals surface area contributed by atoms with Gasteiger partial charge in [-0.05, 0) is 25.0 Å². The summed E-state index contributed by atoms with van der Waals surface area (Å²) in [6.07, 6.45) is 2.75. The van der Waals surface area contributed by atoms with Gasteiger partial charge in [0.05, 0.1) is 32.0 Å². The number of aromatic nitrogens is 2. The number of hydrogen-bond acceptors (Lipinski definition) is 9. The first-order valence-corrected chi connectivity index (χ1v) is 11.2. The lowest BCUT2D eigenvalue weighted by Crippen LogP contribution is -2.37. The second-order valence-corrected chi connectivity index (χ2v) is 8.18. The Kier molecular flexibility index (Phi) is 6.16. The van der Waals surface area contributed by atoms with E-state index in [1.165, 1.54) is 16.7 Å². The van der Waals surface area contributed by atoms with Crippen LogP contribution < -0.4 is 20.5 Å². The molecule has 0 unspecified atom stereocenters. The summed E-state index contributed by atoms with van der Waals surface area (Å²) in [5.74, 6) is 1.37. The van der Waals surface area contributed by atoms with E-state index < -0.39 is 0 Å². The maximum Gasteiger partial charge on any atom is 0.410 e. The van der Waals surface area contributed by atoms with E-state index in [2.05, 4.69) is 56.9 Å². The Hall–Kier alpha value is -3.53. The highest BCUT2D eigenvalue weighted by molar-refractivity contribution is 5.73. The summed E-state index contributed by atoms with van der Waals surface area (Å²) in [7, 11) is 0. The Labute approximate surface area is 192 Å². The van der Waals surface area contributed by atoms with Crippen LogP contribution in [0.15, 0.2) is 30.3 Å². The summed E-state index contributed by atoms with van der Waals surface area (Å²) in [5.41, 5.74) is 11.2. The van der Waals surface area contributed by atoms with Crippen molar-refractivity contribution in [1.29, 1.82) is 0 Å². The van der Waals surface area contributed by atoms with Crippen molar-refractivity contribution in [2.45, 2.75) is 13.3 Å². The molecule has 0 spiro atoms. The number of morpholine rings is 1. The highest BCUT2D eigenvalue weighted by atomic mass is 16.6. The van der Waals surface area contributed by atoms with Crippen molar-refractivity contribution in [3.05, 3.63) is 47.0 Å². The molecule has 10 heteroatoms. The van der Waals surface area contributed by atoms with Gasteiger partial charge >= 0.3 is 12.1 Å². The first-order valence-electron chi connectivity index (χ1n) is 11.2. The zero-order valence-corrected chi connectivity index (χ0v) is 18.7. The molecule has 2 N–H and O–H groups in total. The number of carbonyl (C=O) groups is 1.